The molecule has 6 aromatic rings. The van der Waals surface area contributed by atoms with Gasteiger partial charge in [0.2, 0.25) is 5.91 Å². The Labute approximate surface area is 212 Å². The van der Waals surface area contributed by atoms with Crippen LogP contribution in [0.5, 0.6) is 0 Å². The number of amides is 1. The second-order valence-electron chi connectivity index (χ2n) is 8.80. The number of fused-ring (bicyclic) bond motifs is 2. The van der Waals surface area contributed by atoms with Gasteiger partial charge in [-0.1, -0.05) is 19.4 Å². The summed E-state index contributed by atoms with van der Waals surface area (Å²) in [5.41, 5.74) is 7.84. The highest BCUT2D eigenvalue weighted by Gasteiger charge is 2.16. The van der Waals surface area contributed by atoms with Crippen LogP contribution in [0, 0.1) is 0 Å². The number of rotatable bonds is 7. The molecule has 0 aromatic carbocycles. The number of carbonyl (C=O) groups is 1. The molecular weight excluding hydrogens is 464 g/mol. The highest BCUT2D eigenvalue weighted by molar-refractivity contribution is 5.98. The number of nitrogens with one attached hydrogen (secondary N) is 3. The molecule has 1 amide bonds. The highest BCUT2D eigenvalue weighted by atomic mass is 16.1. The largest absolute Gasteiger partial charge is 0.338 e. The summed E-state index contributed by atoms with van der Waals surface area (Å²) in [4.78, 5) is 33.8. The van der Waals surface area contributed by atoms with Crippen LogP contribution in [0.4, 0.5) is 5.69 Å². The molecule has 0 unspecified atom stereocenters. The molecular formula is C28H24N8O. The van der Waals surface area contributed by atoms with E-state index in [0.717, 1.165) is 63.1 Å². The first-order chi connectivity index (χ1) is 18.2. The van der Waals surface area contributed by atoms with Gasteiger partial charge in [0.15, 0.2) is 0 Å². The molecule has 0 aliphatic rings. The molecule has 9 heteroatoms. The fraction of sp³-hybridized carbons (Fsp3) is 0.143. The average Bonchev–Trinajstić information content (AvgIpc) is 3.56. The molecule has 37 heavy (non-hydrogen) atoms. The molecule has 0 fully saturated rings. The Bertz CT molecular complexity index is 1720. The summed E-state index contributed by atoms with van der Waals surface area (Å²) in [5, 5.41) is 11.5. The van der Waals surface area contributed by atoms with E-state index in [0.29, 0.717) is 17.8 Å². The minimum Gasteiger partial charge on any atom is -0.338 e. The number of hydrogen-bond donors (Lipinski definition) is 3. The minimum atomic E-state index is -0.0150. The molecule has 0 spiro atoms. The molecule has 9 nitrogen and oxygen atoms in total. The maximum atomic E-state index is 12.2. The molecule has 6 heterocycles. The zero-order valence-corrected chi connectivity index (χ0v) is 20.2. The summed E-state index contributed by atoms with van der Waals surface area (Å²) < 4.78 is 0. The summed E-state index contributed by atoms with van der Waals surface area (Å²) in [6, 6.07) is 15.6. The van der Waals surface area contributed by atoms with E-state index in [1.54, 1.807) is 24.8 Å². The minimum absolute atomic E-state index is 0.0150. The smallest absolute Gasteiger partial charge is 0.224 e. The van der Waals surface area contributed by atoms with Crippen molar-refractivity contribution in [2.75, 3.05) is 5.32 Å². The van der Waals surface area contributed by atoms with Gasteiger partial charge < -0.3 is 10.3 Å². The SMILES string of the molecule is CCCCC(=O)Nc1cncc(-c2ccc3[nH]nc(-c4cc5c(-c6ccccn6)ccnc5[nH]4)c3n2)c1. The molecule has 0 aliphatic carbocycles. The van der Waals surface area contributed by atoms with E-state index in [1.165, 1.54) is 0 Å². The van der Waals surface area contributed by atoms with Crippen molar-refractivity contribution < 1.29 is 4.79 Å². The van der Waals surface area contributed by atoms with Crippen molar-refractivity contribution in [1.82, 2.24) is 35.1 Å². The maximum absolute atomic E-state index is 12.2. The van der Waals surface area contributed by atoms with Gasteiger partial charge in [0.25, 0.3) is 0 Å². The third-order valence-electron chi connectivity index (χ3n) is 6.21. The lowest BCUT2D eigenvalue weighted by Gasteiger charge is -2.07. The number of nitrogens with zero attached hydrogens (tertiary/aromatic N) is 5. The van der Waals surface area contributed by atoms with Crippen LogP contribution in [0.25, 0.3) is 56.0 Å². The van der Waals surface area contributed by atoms with Gasteiger partial charge in [-0.2, -0.15) is 5.10 Å². The van der Waals surface area contributed by atoms with Crippen LogP contribution >= 0.6 is 0 Å². The lowest BCUT2D eigenvalue weighted by atomic mass is 10.1. The maximum Gasteiger partial charge on any atom is 0.224 e. The average molecular weight is 489 g/mol. The van der Waals surface area contributed by atoms with Gasteiger partial charge in [-0.15, -0.1) is 0 Å². The number of aromatic nitrogens is 7. The predicted molar refractivity (Wildman–Crippen MR) is 144 cm³/mol. The van der Waals surface area contributed by atoms with Crippen LogP contribution in [-0.4, -0.2) is 41.0 Å². The normalized spacial score (nSPS) is 11.3. The van der Waals surface area contributed by atoms with Crippen molar-refractivity contribution in [3.05, 3.63) is 73.3 Å². The molecule has 0 radical (unpaired) electrons. The molecule has 0 atom stereocenters. The van der Waals surface area contributed by atoms with E-state index in [4.69, 9.17) is 4.98 Å². The second kappa shape index (κ2) is 9.62. The van der Waals surface area contributed by atoms with Crippen molar-refractivity contribution in [3.8, 4) is 33.9 Å². The number of carbonyl (C=O) groups excluding carboxylic acids is 1. The standard InChI is InChI=1S/C28H24N8O/c1-2-3-7-25(37)32-18-13-17(15-29-16-18)21-8-9-23-26(33-21)27(36-35-23)24-14-20-19(10-12-31-28(20)34-24)22-6-4-5-11-30-22/h4-6,8-16H,2-3,7H2,1H3,(H,31,34)(H,32,37)(H,35,36). The summed E-state index contributed by atoms with van der Waals surface area (Å²) in [7, 11) is 0. The first-order valence-electron chi connectivity index (χ1n) is 12.2. The quantitative estimate of drug-likeness (QED) is 0.263. The topological polar surface area (TPSA) is 125 Å². The van der Waals surface area contributed by atoms with Crippen molar-refractivity contribution in [2.24, 2.45) is 0 Å². The third kappa shape index (κ3) is 4.42. The van der Waals surface area contributed by atoms with Crippen molar-refractivity contribution >= 4 is 33.7 Å². The van der Waals surface area contributed by atoms with E-state index >= 15 is 0 Å². The summed E-state index contributed by atoms with van der Waals surface area (Å²) >= 11 is 0. The summed E-state index contributed by atoms with van der Waals surface area (Å²) in [5.74, 6) is -0.0150. The molecule has 0 aliphatic heterocycles. The number of hydrogen-bond acceptors (Lipinski definition) is 6. The molecule has 0 bridgehead atoms. The summed E-state index contributed by atoms with van der Waals surface area (Å²) in [6.07, 6.45) is 9.25. The van der Waals surface area contributed by atoms with Crippen LogP contribution in [0.15, 0.2) is 73.3 Å². The molecule has 6 aromatic heterocycles. The predicted octanol–water partition coefficient (Wildman–Crippen LogP) is 5.75. The number of anilines is 1. The fourth-order valence-corrected chi connectivity index (χ4v) is 4.36. The van der Waals surface area contributed by atoms with Gasteiger partial charge in [0.1, 0.15) is 16.9 Å². The molecule has 3 N–H and O–H groups in total. The van der Waals surface area contributed by atoms with Gasteiger partial charge in [-0.3, -0.25) is 19.9 Å². The van der Waals surface area contributed by atoms with E-state index < -0.39 is 0 Å². The zero-order valence-electron chi connectivity index (χ0n) is 20.2. The van der Waals surface area contributed by atoms with E-state index in [-0.39, 0.29) is 5.91 Å². The van der Waals surface area contributed by atoms with Crippen molar-refractivity contribution in [3.63, 3.8) is 0 Å². The van der Waals surface area contributed by atoms with Crippen LogP contribution in [0.2, 0.25) is 0 Å². The van der Waals surface area contributed by atoms with Crippen molar-refractivity contribution in [2.45, 2.75) is 26.2 Å². The Morgan fingerprint density at radius 2 is 1.95 bits per heavy atom. The second-order valence-corrected chi connectivity index (χ2v) is 8.80. The molecule has 6 rings (SSSR count). The van der Waals surface area contributed by atoms with Gasteiger partial charge in [-0.05, 0) is 48.9 Å². The van der Waals surface area contributed by atoms with Gasteiger partial charge in [0.05, 0.1) is 34.5 Å². The lowest BCUT2D eigenvalue weighted by molar-refractivity contribution is -0.116. The van der Waals surface area contributed by atoms with Gasteiger partial charge in [-0.25, -0.2) is 9.97 Å². The summed E-state index contributed by atoms with van der Waals surface area (Å²) in [6.45, 7) is 2.06. The van der Waals surface area contributed by atoms with E-state index in [9.17, 15) is 4.79 Å². The third-order valence-corrected chi connectivity index (χ3v) is 6.21. The Morgan fingerprint density at radius 3 is 2.81 bits per heavy atom. The van der Waals surface area contributed by atoms with Gasteiger partial charge in [0, 0.05) is 41.5 Å². The lowest BCUT2D eigenvalue weighted by Crippen LogP contribution is -2.11. The first kappa shape index (κ1) is 22.5. The Kier molecular flexibility index (Phi) is 5.86. The van der Waals surface area contributed by atoms with E-state index in [1.807, 2.05) is 48.5 Å². The molecule has 0 saturated heterocycles. The molecule has 0 saturated carbocycles. The van der Waals surface area contributed by atoms with Crippen LogP contribution in [0.3, 0.4) is 0 Å². The number of pyridine rings is 4. The van der Waals surface area contributed by atoms with Crippen molar-refractivity contribution in [1.29, 1.82) is 0 Å². The van der Waals surface area contributed by atoms with Crippen LogP contribution < -0.4 is 5.32 Å². The molecule has 182 valence electrons. The Hall–Kier alpha value is -4.92. The number of unbranched alkanes of at least 4 members (excludes halogenated alkanes) is 1. The van der Waals surface area contributed by atoms with E-state index in [2.05, 4.69) is 42.4 Å². The number of aromatic amines is 2. The monoisotopic (exact) mass is 488 g/mol. The Balaban J connectivity index is 1.37. The zero-order chi connectivity index (χ0) is 25.2. The fourth-order valence-electron chi connectivity index (χ4n) is 4.36. The highest BCUT2D eigenvalue weighted by Crippen LogP contribution is 2.33. The number of H-pyrrole nitrogens is 2. The van der Waals surface area contributed by atoms with Crippen LogP contribution in [-0.2, 0) is 4.79 Å². The van der Waals surface area contributed by atoms with Crippen LogP contribution in [0.1, 0.15) is 26.2 Å². The van der Waals surface area contributed by atoms with Gasteiger partial charge >= 0.3 is 0 Å². The Morgan fingerprint density at radius 1 is 1.00 bits per heavy atom. The first-order valence-corrected chi connectivity index (χ1v) is 12.2.